The minimum atomic E-state index is -0.280. The molecule has 2 N–H and O–H groups in total. The summed E-state index contributed by atoms with van der Waals surface area (Å²) in [6.07, 6.45) is 1.57. The summed E-state index contributed by atoms with van der Waals surface area (Å²) in [4.78, 5) is 0. The van der Waals surface area contributed by atoms with Crippen LogP contribution in [0.4, 0.5) is 0 Å². The fraction of sp³-hybridized carbons (Fsp3) is 0.538. The van der Waals surface area contributed by atoms with E-state index in [2.05, 4.69) is 31.3 Å². The Bertz CT molecular complexity index is 286. The standard InChI is InChI=1S/C13H21NO/c1-3-8-14-10-13(15)9-12-7-5-4-6-11(12)2/h4-7,13-15H,3,8-10H2,1-2H3. The molecule has 0 radical (unpaired) electrons. The van der Waals surface area contributed by atoms with Crippen molar-refractivity contribution in [2.75, 3.05) is 13.1 Å². The van der Waals surface area contributed by atoms with Crippen molar-refractivity contribution in [3.8, 4) is 0 Å². The molecular weight excluding hydrogens is 186 g/mol. The van der Waals surface area contributed by atoms with E-state index in [-0.39, 0.29) is 6.10 Å². The summed E-state index contributed by atoms with van der Waals surface area (Å²) >= 11 is 0. The van der Waals surface area contributed by atoms with Crippen molar-refractivity contribution >= 4 is 0 Å². The van der Waals surface area contributed by atoms with Crippen LogP contribution in [0.5, 0.6) is 0 Å². The maximum Gasteiger partial charge on any atom is 0.0704 e. The van der Waals surface area contributed by atoms with Gasteiger partial charge in [0.25, 0.3) is 0 Å². The molecule has 2 heteroatoms. The highest BCUT2D eigenvalue weighted by atomic mass is 16.3. The maximum atomic E-state index is 9.79. The van der Waals surface area contributed by atoms with Crippen LogP contribution in [-0.4, -0.2) is 24.3 Å². The lowest BCUT2D eigenvalue weighted by atomic mass is 10.0. The van der Waals surface area contributed by atoms with E-state index in [1.54, 1.807) is 0 Å². The monoisotopic (exact) mass is 207 g/mol. The summed E-state index contributed by atoms with van der Waals surface area (Å²) in [5, 5.41) is 13.0. The van der Waals surface area contributed by atoms with Crippen molar-refractivity contribution < 1.29 is 5.11 Å². The lowest BCUT2D eigenvalue weighted by Crippen LogP contribution is -2.29. The van der Waals surface area contributed by atoms with E-state index >= 15 is 0 Å². The number of aryl methyl sites for hydroxylation is 1. The zero-order chi connectivity index (χ0) is 11.1. The number of benzene rings is 1. The van der Waals surface area contributed by atoms with Gasteiger partial charge in [-0.25, -0.2) is 0 Å². The topological polar surface area (TPSA) is 32.3 Å². The Hall–Kier alpha value is -0.860. The van der Waals surface area contributed by atoms with Crippen LogP contribution in [0, 0.1) is 6.92 Å². The average molecular weight is 207 g/mol. The fourth-order valence-electron chi connectivity index (χ4n) is 1.61. The molecule has 2 nitrogen and oxygen atoms in total. The largest absolute Gasteiger partial charge is 0.391 e. The van der Waals surface area contributed by atoms with E-state index in [9.17, 15) is 5.11 Å². The van der Waals surface area contributed by atoms with Crippen LogP contribution >= 0.6 is 0 Å². The first-order chi connectivity index (χ1) is 7.24. The predicted octanol–water partition coefficient (Wildman–Crippen LogP) is 1.90. The van der Waals surface area contributed by atoms with Crippen LogP contribution in [0.1, 0.15) is 24.5 Å². The molecule has 0 spiro atoms. The molecule has 0 aromatic heterocycles. The van der Waals surface area contributed by atoms with Gasteiger partial charge >= 0.3 is 0 Å². The van der Waals surface area contributed by atoms with E-state index in [0.717, 1.165) is 19.4 Å². The Balaban J connectivity index is 2.37. The smallest absolute Gasteiger partial charge is 0.0704 e. The number of aliphatic hydroxyl groups excluding tert-OH is 1. The molecule has 1 aromatic rings. The third kappa shape index (κ3) is 4.45. The molecule has 1 rings (SSSR count). The number of hydrogen-bond donors (Lipinski definition) is 2. The summed E-state index contributed by atoms with van der Waals surface area (Å²) in [7, 11) is 0. The number of hydrogen-bond acceptors (Lipinski definition) is 2. The van der Waals surface area contributed by atoms with E-state index in [4.69, 9.17) is 0 Å². The Morgan fingerprint density at radius 2 is 2.07 bits per heavy atom. The molecule has 84 valence electrons. The Morgan fingerprint density at radius 3 is 2.73 bits per heavy atom. The molecule has 0 aliphatic rings. The summed E-state index contributed by atoms with van der Waals surface area (Å²) < 4.78 is 0. The second kappa shape index (κ2) is 6.59. The van der Waals surface area contributed by atoms with Crippen LogP contribution in [0.15, 0.2) is 24.3 Å². The SMILES string of the molecule is CCCNCC(O)Cc1ccccc1C. The first-order valence-corrected chi connectivity index (χ1v) is 5.67. The highest BCUT2D eigenvalue weighted by Gasteiger charge is 2.06. The molecule has 0 heterocycles. The second-order valence-corrected chi connectivity index (χ2v) is 3.99. The highest BCUT2D eigenvalue weighted by molar-refractivity contribution is 5.26. The third-order valence-electron chi connectivity index (χ3n) is 2.52. The van der Waals surface area contributed by atoms with Crippen molar-refractivity contribution in [2.45, 2.75) is 32.8 Å². The van der Waals surface area contributed by atoms with Crippen molar-refractivity contribution in [2.24, 2.45) is 0 Å². The van der Waals surface area contributed by atoms with E-state index in [1.807, 2.05) is 12.1 Å². The molecule has 0 aliphatic heterocycles. The lowest BCUT2D eigenvalue weighted by molar-refractivity contribution is 0.172. The molecule has 15 heavy (non-hydrogen) atoms. The van der Waals surface area contributed by atoms with Crippen molar-refractivity contribution in [3.05, 3.63) is 35.4 Å². The molecule has 1 aromatic carbocycles. The number of aliphatic hydroxyl groups is 1. The zero-order valence-corrected chi connectivity index (χ0v) is 9.66. The minimum absolute atomic E-state index is 0.280. The molecule has 0 saturated heterocycles. The van der Waals surface area contributed by atoms with Gasteiger partial charge in [0.2, 0.25) is 0 Å². The molecule has 0 fully saturated rings. The van der Waals surface area contributed by atoms with E-state index in [0.29, 0.717) is 6.54 Å². The molecular formula is C13H21NO. The molecule has 0 amide bonds. The van der Waals surface area contributed by atoms with Crippen LogP contribution in [-0.2, 0) is 6.42 Å². The molecule has 1 unspecified atom stereocenters. The number of rotatable bonds is 6. The Kier molecular flexibility index (Phi) is 5.37. The van der Waals surface area contributed by atoms with Crippen LogP contribution in [0.25, 0.3) is 0 Å². The van der Waals surface area contributed by atoms with Gasteiger partial charge in [-0.1, -0.05) is 31.2 Å². The summed E-state index contributed by atoms with van der Waals surface area (Å²) in [6, 6.07) is 8.22. The average Bonchev–Trinajstić information content (AvgIpc) is 2.22. The van der Waals surface area contributed by atoms with Crippen LogP contribution < -0.4 is 5.32 Å². The second-order valence-electron chi connectivity index (χ2n) is 3.99. The summed E-state index contributed by atoms with van der Waals surface area (Å²) in [5.74, 6) is 0. The van der Waals surface area contributed by atoms with E-state index < -0.39 is 0 Å². The van der Waals surface area contributed by atoms with Gasteiger partial charge < -0.3 is 10.4 Å². The lowest BCUT2D eigenvalue weighted by Gasteiger charge is -2.12. The van der Waals surface area contributed by atoms with Crippen LogP contribution in [0.2, 0.25) is 0 Å². The van der Waals surface area contributed by atoms with Crippen LogP contribution in [0.3, 0.4) is 0 Å². The highest BCUT2D eigenvalue weighted by Crippen LogP contribution is 2.09. The number of nitrogens with one attached hydrogen (secondary N) is 1. The fourth-order valence-corrected chi connectivity index (χ4v) is 1.61. The van der Waals surface area contributed by atoms with Gasteiger partial charge in [-0.05, 0) is 37.4 Å². The summed E-state index contributed by atoms with van der Waals surface area (Å²) in [6.45, 7) is 5.87. The molecule has 0 saturated carbocycles. The van der Waals surface area contributed by atoms with Gasteiger partial charge in [-0.15, -0.1) is 0 Å². The van der Waals surface area contributed by atoms with E-state index in [1.165, 1.54) is 11.1 Å². The normalized spacial score (nSPS) is 12.7. The van der Waals surface area contributed by atoms with Gasteiger partial charge in [0.1, 0.15) is 0 Å². The van der Waals surface area contributed by atoms with Crippen molar-refractivity contribution in [1.82, 2.24) is 5.32 Å². The van der Waals surface area contributed by atoms with Gasteiger partial charge in [0.05, 0.1) is 6.10 Å². The molecule has 1 atom stereocenters. The Morgan fingerprint density at radius 1 is 1.33 bits per heavy atom. The Labute approximate surface area is 92.3 Å². The van der Waals surface area contributed by atoms with Crippen molar-refractivity contribution in [3.63, 3.8) is 0 Å². The first-order valence-electron chi connectivity index (χ1n) is 5.67. The van der Waals surface area contributed by atoms with Gasteiger partial charge in [-0.3, -0.25) is 0 Å². The first kappa shape index (κ1) is 12.2. The van der Waals surface area contributed by atoms with Gasteiger partial charge in [-0.2, -0.15) is 0 Å². The van der Waals surface area contributed by atoms with Gasteiger partial charge in [0.15, 0.2) is 0 Å². The maximum absolute atomic E-state index is 9.79. The molecule has 0 bridgehead atoms. The quantitative estimate of drug-likeness (QED) is 0.698. The van der Waals surface area contributed by atoms with Gasteiger partial charge in [0, 0.05) is 6.54 Å². The van der Waals surface area contributed by atoms with Crippen molar-refractivity contribution in [1.29, 1.82) is 0 Å². The minimum Gasteiger partial charge on any atom is -0.391 e. The summed E-state index contributed by atoms with van der Waals surface area (Å²) in [5.41, 5.74) is 2.50. The molecule has 0 aliphatic carbocycles. The third-order valence-corrected chi connectivity index (χ3v) is 2.52. The predicted molar refractivity (Wildman–Crippen MR) is 64.1 cm³/mol. The zero-order valence-electron chi connectivity index (χ0n) is 9.66.